The number of para-hydroxylation sites is 1. The molecular formula is C10H13NO3. The van der Waals surface area contributed by atoms with Crippen LogP contribution in [0.25, 0.3) is 0 Å². The van der Waals surface area contributed by atoms with Gasteiger partial charge in [-0.25, -0.2) is 0 Å². The van der Waals surface area contributed by atoms with E-state index in [4.69, 9.17) is 15.2 Å². The Balaban J connectivity index is 2.60. The van der Waals surface area contributed by atoms with E-state index < -0.39 is 12.2 Å². The van der Waals surface area contributed by atoms with Crippen LogP contribution in [0.3, 0.4) is 0 Å². The van der Waals surface area contributed by atoms with Crippen molar-refractivity contribution in [3.8, 4) is 5.75 Å². The summed E-state index contributed by atoms with van der Waals surface area (Å²) in [5.74, 6) is -0.0690. The third-order valence-corrected chi connectivity index (χ3v) is 1.54. The van der Waals surface area contributed by atoms with Crippen LogP contribution in [0, 0.1) is 0 Å². The van der Waals surface area contributed by atoms with Crippen molar-refractivity contribution in [3.05, 3.63) is 30.3 Å². The van der Waals surface area contributed by atoms with E-state index in [9.17, 15) is 4.79 Å². The number of benzene rings is 1. The van der Waals surface area contributed by atoms with Crippen LogP contribution in [0.1, 0.15) is 6.92 Å². The average Bonchev–Trinajstić information content (AvgIpc) is 2.18. The maximum absolute atomic E-state index is 10.9. The lowest BCUT2D eigenvalue weighted by Gasteiger charge is -2.15. The van der Waals surface area contributed by atoms with E-state index in [1.807, 2.05) is 6.07 Å². The molecule has 4 heteroatoms. The molecule has 1 amide bonds. The lowest BCUT2D eigenvalue weighted by molar-refractivity contribution is -0.148. The van der Waals surface area contributed by atoms with Gasteiger partial charge in [0.05, 0.1) is 0 Å². The molecule has 0 bridgehead atoms. The fourth-order valence-electron chi connectivity index (χ4n) is 0.948. The van der Waals surface area contributed by atoms with Crippen molar-refractivity contribution in [1.82, 2.24) is 0 Å². The van der Waals surface area contributed by atoms with Crippen molar-refractivity contribution in [1.29, 1.82) is 0 Å². The number of ether oxygens (including phenoxy) is 2. The van der Waals surface area contributed by atoms with Gasteiger partial charge in [-0.1, -0.05) is 18.2 Å². The number of amides is 1. The minimum atomic E-state index is -1.01. The van der Waals surface area contributed by atoms with E-state index in [1.165, 1.54) is 0 Å². The van der Waals surface area contributed by atoms with Crippen LogP contribution < -0.4 is 10.5 Å². The zero-order valence-electron chi connectivity index (χ0n) is 7.97. The Morgan fingerprint density at radius 3 is 2.57 bits per heavy atom. The number of hydrogen-bond donors (Lipinski definition) is 1. The number of primary amides is 1. The van der Waals surface area contributed by atoms with Gasteiger partial charge in [-0.05, 0) is 19.1 Å². The average molecular weight is 195 g/mol. The molecule has 0 spiro atoms. The van der Waals surface area contributed by atoms with E-state index in [2.05, 4.69) is 0 Å². The summed E-state index contributed by atoms with van der Waals surface area (Å²) in [5.41, 5.74) is 5.08. The van der Waals surface area contributed by atoms with Gasteiger partial charge in [0, 0.05) is 6.61 Å². The van der Waals surface area contributed by atoms with Crippen molar-refractivity contribution >= 4 is 5.91 Å². The smallest absolute Gasteiger partial charge is 0.287 e. The Kier molecular flexibility index (Phi) is 3.94. The second kappa shape index (κ2) is 5.24. The second-order valence-corrected chi connectivity index (χ2v) is 2.62. The Morgan fingerprint density at radius 1 is 1.43 bits per heavy atom. The number of carbonyl (C=O) groups excluding carboxylic acids is 1. The second-order valence-electron chi connectivity index (χ2n) is 2.62. The highest BCUT2D eigenvalue weighted by Gasteiger charge is 2.16. The van der Waals surface area contributed by atoms with Crippen LogP contribution in [-0.4, -0.2) is 18.8 Å². The van der Waals surface area contributed by atoms with Gasteiger partial charge < -0.3 is 15.2 Å². The Morgan fingerprint density at radius 2 is 2.07 bits per heavy atom. The highest BCUT2D eigenvalue weighted by molar-refractivity contribution is 5.77. The van der Waals surface area contributed by atoms with E-state index >= 15 is 0 Å². The predicted molar refractivity (Wildman–Crippen MR) is 51.7 cm³/mol. The lowest BCUT2D eigenvalue weighted by Crippen LogP contribution is -2.36. The monoisotopic (exact) mass is 195 g/mol. The molecule has 1 aromatic rings. The Hall–Kier alpha value is -1.55. The summed E-state index contributed by atoms with van der Waals surface area (Å²) in [6.07, 6.45) is -1.01. The number of rotatable bonds is 5. The molecule has 4 nitrogen and oxygen atoms in total. The standard InChI is InChI=1S/C10H13NO3/c1-2-13-10(9(11)12)14-8-6-4-3-5-7-8/h3-7,10H,2H2,1H3,(H2,11,12). The highest BCUT2D eigenvalue weighted by Crippen LogP contribution is 2.11. The van der Waals surface area contributed by atoms with Crippen LogP contribution in [-0.2, 0) is 9.53 Å². The predicted octanol–water partition coefficient (Wildman–Crippen LogP) is 0.913. The number of hydrogen-bond acceptors (Lipinski definition) is 3. The molecule has 14 heavy (non-hydrogen) atoms. The molecule has 1 atom stereocenters. The van der Waals surface area contributed by atoms with Crippen LogP contribution in [0.5, 0.6) is 5.75 Å². The largest absolute Gasteiger partial charge is 0.455 e. The SMILES string of the molecule is CCOC(Oc1ccccc1)C(N)=O. The summed E-state index contributed by atoms with van der Waals surface area (Å²) in [4.78, 5) is 10.9. The molecule has 1 aromatic carbocycles. The summed E-state index contributed by atoms with van der Waals surface area (Å²) in [6.45, 7) is 2.14. The first-order valence-electron chi connectivity index (χ1n) is 4.36. The molecule has 0 radical (unpaired) electrons. The maximum atomic E-state index is 10.9. The molecule has 0 aliphatic rings. The van der Waals surface area contributed by atoms with Crippen LogP contribution >= 0.6 is 0 Å². The molecule has 76 valence electrons. The summed E-state index contributed by atoms with van der Waals surface area (Å²) < 4.78 is 10.2. The normalized spacial score (nSPS) is 12.1. The zero-order chi connectivity index (χ0) is 10.4. The van der Waals surface area contributed by atoms with Gasteiger partial charge in [0.15, 0.2) is 0 Å². The topological polar surface area (TPSA) is 61.6 Å². The highest BCUT2D eigenvalue weighted by atomic mass is 16.7. The maximum Gasteiger partial charge on any atom is 0.287 e. The fourth-order valence-corrected chi connectivity index (χ4v) is 0.948. The first-order chi connectivity index (χ1) is 6.74. The van der Waals surface area contributed by atoms with Crippen LogP contribution in [0.2, 0.25) is 0 Å². The van der Waals surface area contributed by atoms with Gasteiger partial charge >= 0.3 is 0 Å². The van der Waals surface area contributed by atoms with Gasteiger partial charge in [-0.2, -0.15) is 0 Å². The third-order valence-electron chi connectivity index (χ3n) is 1.54. The van der Waals surface area contributed by atoms with Crippen molar-refractivity contribution in [2.24, 2.45) is 5.73 Å². The van der Waals surface area contributed by atoms with Crippen molar-refractivity contribution in [2.75, 3.05) is 6.61 Å². The zero-order valence-corrected chi connectivity index (χ0v) is 7.97. The molecule has 0 heterocycles. The van der Waals surface area contributed by atoms with Crippen LogP contribution in [0.4, 0.5) is 0 Å². The molecule has 0 saturated heterocycles. The molecule has 0 saturated carbocycles. The lowest BCUT2D eigenvalue weighted by atomic mass is 10.3. The number of carbonyl (C=O) groups is 1. The van der Waals surface area contributed by atoms with Crippen LogP contribution in [0.15, 0.2) is 30.3 Å². The number of nitrogens with two attached hydrogens (primary N) is 1. The molecule has 0 fully saturated rings. The Bertz CT molecular complexity index is 287. The summed E-state index contributed by atoms with van der Waals surface area (Å²) in [7, 11) is 0. The van der Waals surface area contributed by atoms with Crippen molar-refractivity contribution < 1.29 is 14.3 Å². The molecule has 2 N–H and O–H groups in total. The van der Waals surface area contributed by atoms with E-state index in [1.54, 1.807) is 31.2 Å². The molecule has 0 aliphatic heterocycles. The fraction of sp³-hybridized carbons (Fsp3) is 0.300. The molecular weight excluding hydrogens is 182 g/mol. The van der Waals surface area contributed by atoms with Gasteiger partial charge in [0.1, 0.15) is 5.75 Å². The van der Waals surface area contributed by atoms with Gasteiger partial charge in [-0.15, -0.1) is 0 Å². The first kappa shape index (κ1) is 10.5. The van der Waals surface area contributed by atoms with Gasteiger partial charge in [0.25, 0.3) is 12.2 Å². The molecule has 0 aromatic heterocycles. The Labute approximate surface area is 82.6 Å². The van der Waals surface area contributed by atoms with E-state index in [0.717, 1.165) is 0 Å². The van der Waals surface area contributed by atoms with Crippen molar-refractivity contribution in [2.45, 2.75) is 13.2 Å². The first-order valence-corrected chi connectivity index (χ1v) is 4.36. The van der Waals surface area contributed by atoms with E-state index in [-0.39, 0.29) is 0 Å². The minimum absolute atomic E-state index is 0.375. The molecule has 0 aliphatic carbocycles. The van der Waals surface area contributed by atoms with Crippen molar-refractivity contribution in [3.63, 3.8) is 0 Å². The summed E-state index contributed by atoms with van der Waals surface area (Å²) in [6, 6.07) is 8.93. The minimum Gasteiger partial charge on any atom is -0.455 e. The molecule has 1 unspecified atom stereocenters. The summed E-state index contributed by atoms with van der Waals surface area (Å²) >= 11 is 0. The van der Waals surface area contributed by atoms with E-state index in [0.29, 0.717) is 12.4 Å². The summed E-state index contributed by atoms with van der Waals surface area (Å²) in [5, 5.41) is 0. The van der Waals surface area contributed by atoms with Gasteiger partial charge in [-0.3, -0.25) is 4.79 Å². The molecule has 1 rings (SSSR count). The van der Waals surface area contributed by atoms with Gasteiger partial charge in [0.2, 0.25) is 0 Å². The third kappa shape index (κ3) is 3.06. The quantitative estimate of drug-likeness (QED) is 0.710.